The lowest BCUT2D eigenvalue weighted by Gasteiger charge is -2.10. The Labute approximate surface area is 154 Å². The van der Waals surface area contributed by atoms with Gasteiger partial charge in [-0.05, 0) is 60.1 Å². The number of alkyl halides is 3. The molecule has 0 atom stereocenters. The Kier molecular flexibility index (Phi) is 3.91. The summed E-state index contributed by atoms with van der Waals surface area (Å²) in [7, 11) is 1.86. The zero-order valence-electron chi connectivity index (χ0n) is 15.2. The molecular weight excluding hydrogens is 349 g/mol. The van der Waals surface area contributed by atoms with Crippen molar-refractivity contribution in [2.75, 3.05) is 0 Å². The molecule has 0 saturated heterocycles. The van der Waals surface area contributed by atoms with Crippen LogP contribution in [0, 0.1) is 13.8 Å². The van der Waals surface area contributed by atoms with Crippen LogP contribution >= 0.6 is 0 Å². The van der Waals surface area contributed by atoms with Crippen molar-refractivity contribution in [3.63, 3.8) is 0 Å². The van der Waals surface area contributed by atoms with E-state index in [2.05, 4.69) is 12.1 Å². The van der Waals surface area contributed by atoms with Gasteiger partial charge in [0.25, 0.3) is 0 Å². The second-order valence-electron chi connectivity index (χ2n) is 6.93. The summed E-state index contributed by atoms with van der Waals surface area (Å²) >= 11 is 0. The van der Waals surface area contributed by atoms with Crippen molar-refractivity contribution in [2.24, 2.45) is 7.05 Å². The number of hydrogen-bond donors (Lipinski definition) is 0. The van der Waals surface area contributed by atoms with E-state index in [0.29, 0.717) is 17.0 Å². The van der Waals surface area contributed by atoms with Crippen molar-refractivity contribution in [2.45, 2.75) is 20.0 Å². The topological polar surface area (TPSA) is 16.8 Å². The summed E-state index contributed by atoms with van der Waals surface area (Å²) < 4.78 is 40.8. The summed E-state index contributed by atoms with van der Waals surface area (Å²) in [4.78, 5) is 4.84. The molecule has 0 radical (unpaired) electrons. The molecule has 0 aliphatic rings. The first-order valence-corrected chi connectivity index (χ1v) is 8.62. The Hall–Kier alpha value is -2.95. The van der Waals surface area contributed by atoms with Crippen molar-refractivity contribution < 1.29 is 17.7 Å². The zero-order chi connectivity index (χ0) is 19.3. The van der Waals surface area contributed by atoms with Gasteiger partial charge >= 0.3 is 12.0 Å². The van der Waals surface area contributed by atoms with Crippen LogP contribution in [-0.4, -0.2) is 4.98 Å². The van der Waals surface area contributed by atoms with Crippen LogP contribution in [0.4, 0.5) is 13.2 Å². The summed E-state index contributed by atoms with van der Waals surface area (Å²) in [5.41, 5.74) is 2.61. The largest absolute Gasteiger partial charge is 0.416 e. The molecule has 0 aliphatic carbocycles. The van der Waals surface area contributed by atoms with Gasteiger partial charge in [-0.15, -0.1) is 0 Å². The first-order chi connectivity index (χ1) is 12.7. The van der Waals surface area contributed by atoms with E-state index < -0.39 is 11.7 Å². The van der Waals surface area contributed by atoms with Crippen LogP contribution in [0.2, 0.25) is 0 Å². The first kappa shape index (κ1) is 17.5. The predicted octanol–water partition coefficient (Wildman–Crippen LogP) is 5.52. The Balaban J connectivity index is 1.97. The Morgan fingerprint density at radius 3 is 2.33 bits per heavy atom. The molecule has 5 heteroatoms. The van der Waals surface area contributed by atoms with Gasteiger partial charge in [-0.1, -0.05) is 23.8 Å². The molecule has 1 heterocycles. The second kappa shape index (κ2) is 6.05. The molecule has 0 amide bonds. The summed E-state index contributed by atoms with van der Waals surface area (Å²) in [5.74, 6) is 0.641. The highest BCUT2D eigenvalue weighted by molar-refractivity contribution is 6.05. The lowest BCUT2D eigenvalue weighted by Crippen LogP contribution is -2.32. The Morgan fingerprint density at radius 2 is 1.63 bits per heavy atom. The fourth-order valence-corrected chi connectivity index (χ4v) is 3.47. The van der Waals surface area contributed by atoms with Crippen molar-refractivity contribution in [3.8, 4) is 11.4 Å². The average molecular weight is 367 g/mol. The quantitative estimate of drug-likeness (QED) is 0.320. The number of aryl methyl sites for hydroxylation is 3. The van der Waals surface area contributed by atoms with Crippen LogP contribution in [-0.2, 0) is 13.2 Å². The molecule has 27 heavy (non-hydrogen) atoms. The fraction of sp³-hybridized carbons (Fsp3) is 0.182. The maximum absolute atomic E-state index is 13.0. The van der Waals surface area contributed by atoms with Crippen LogP contribution in [0.3, 0.4) is 0 Å². The highest BCUT2D eigenvalue weighted by atomic mass is 19.4. The molecule has 0 N–H and O–H groups in total. The number of rotatable bonds is 1. The van der Waals surface area contributed by atoms with Crippen LogP contribution in [0.15, 0.2) is 54.7 Å². The Bertz CT molecular complexity index is 1190. The van der Waals surface area contributed by atoms with Crippen LogP contribution < -0.4 is 4.57 Å². The molecule has 4 rings (SSSR count). The molecule has 0 aliphatic heterocycles. The third kappa shape index (κ3) is 3.03. The lowest BCUT2D eigenvalue weighted by atomic mass is 10.0. The second-order valence-corrected chi connectivity index (χ2v) is 6.93. The molecule has 0 spiro atoms. The van der Waals surface area contributed by atoms with E-state index in [0.717, 1.165) is 27.7 Å². The third-order valence-corrected chi connectivity index (χ3v) is 4.86. The van der Waals surface area contributed by atoms with Crippen LogP contribution in [0.1, 0.15) is 16.7 Å². The van der Waals surface area contributed by atoms with Gasteiger partial charge in [0, 0.05) is 5.39 Å². The molecule has 0 unspecified atom stereocenters. The summed E-state index contributed by atoms with van der Waals surface area (Å²) in [6.45, 7) is 3.72. The molecule has 3 aromatic carbocycles. The predicted molar refractivity (Wildman–Crippen MR) is 100 cm³/mol. The summed E-state index contributed by atoms with van der Waals surface area (Å²) in [6.07, 6.45) is -2.38. The maximum atomic E-state index is 13.0. The molecule has 0 saturated carbocycles. The van der Waals surface area contributed by atoms with Gasteiger partial charge in [0.05, 0.1) is 23.6 Å². The van der Waals surface area contributed by atoms with Crippen LogP contribution in [0.5, 0.6) is 0 Å². The molecule has 0 fully saturated rings. The van der Waals surface area contributed by atoms with Gasteiger partial charge in [-0.25, -0.2) is 4.57 Å². The highest BCUT2D eigenvalue weighted by Crippen LogP contribution is 2.33. The lowest BCUT2D eigenvalue weighted by molar-refractivity contribution is -0.661. The summed E-state index contributed by atoms with van der Waals surface area (Å²) in [6, 6.07) is 14.1. The number of fused-ring (bicyclic) bond motifs is 3. The normalized spacial score (nSPS) is 12.1. The summed E-state index contributed by atoms with van der Waals surface area (Å²) in [5, 5.41) is 3.12. The first-order valence-electron chi connectivity index (χ1n) is 8.62. The minimum atomic E-state index is -4.35. The molecule has 4 aromatic rings. The van der Waals surface area contributed by atoms with Crippen molar-refractivity contribution >= 4 is 21.7 Å². The number of halogens is 3. The van der Waals surface area contributed by atoms with Gasteiger partial charge in [-0.3, -0.25) is 0 Å². The minimum Gasteiger partial charge on any atom is -0.232 e. The van der Waals surface area contributed by atoms with Gasteiger partial charge in [0.2, 0.25) is 0 Å². The molecule has 2 nitrogen and oxygen atoms in total. The molecule has 136 valence electrons. The van der Waals surface area contributed by atoms with Crippen molar-refractivity contribution in [1.29, 1.82) is 0 Å². The van der Waals surface area contributed by atoms with Gasteiger partial charge in [0.1, 0.15) is 6.20 Å². The van der Waals surface area contributed by atoms with Gasteiger partial charge in [0.15, 0.2) is 5.52 Å². The smallest absolute Gasteiger partial charge is 0.232 e. The van der Waals surface area contributed by atoms with Crippen LogP contribution in [0.25, 0.3) is 33.1 Å². The SMILES string of the molecule is Cc1ccc2c(ccc3c[n+](C)c(-c4ccc(C(F)(F)F)cc4C)nc32)c1. The van der Waals surface area contributed by atoms with Gasteiger partial charge < -0.3 is 0 Å². The minimum absolute atomic E-state index is 0.545. The van der Waals surface area contributed by atoms with E-state index in [9.17, 15) is 13.2 Å². The third-order valence-electron chi connectivity index (χ3n) is 4.86. The number of nitrogens with zero attached hydrogens (tertiary/aromatic N) is 2. The number of benzene rings is 3. The average Bonchev–Trinajstić information content (AvgIpc) is 2.60. The molecule has 1 aromatic heterocycles. The van der Waals surface area contributed by atoms with Gasteiger partial charge in [-0.2, -0.15) is 13.2 Å². The van der Waals surface area contributed by atoms with Crippen molar-refractivity contribution in [1.82, 2.24) is 4.98 Å². The monoisotopic (exact) mass is 367 g/mol. The maximum Gasteiger partial charge on any atom is 0.416 e. The van der Waals surface area contributed by atoms with Crippen molar-refractivity contribution in [3.05, 3.63) is 71.4 Å². The van der Waals surface area contributed by atoms with E-state index in [1.54, 1.807) is 6.92 Å². The van der Waals surface area contributed by atoms with E-state index >= 15 is 0 Å². The fourth-order valence-electron chi connectivity index (χ4n) is 3.47. The number of hydrogen-bond acceptors (Lipinski definition) is 1. The molecular formula is C22H18F3N2+. The zero-order valence-corrected chi connectivity index (χ0v) is 15.2. The van der Waals surface area contributed by atoms with E-state index in [-0.39, 0.29) is 0 Å². The number of aromatic nitrogens is 2. The van der Waals surface area contributed by atoms with E-state index in [1.165, 1.54) is 17.7 Å². The molecule has 0 bridgehead atoms. The van der Waals surface area contributed by atoms with E-state index in [1.807, 2.05) is 42.9 Å². The highest BCUT2D eigenvalue weighted by Gasteiger charge is 2.31. The standard InChI is InChI=1S/C22H18F3N2/c1-13-4-8-19-15(10-13)5-6-16-12-27(3)21(26-20(16)19)18-9-7-17(11-14(18)2)22(23,24)25/h4-12H,1-3H3/q+1. The Morgan fingerprint density at radius 1 is 0.889 bits per heavy atom. The van der Waals surface area contributed by atoms with E-state index in [4.69, 9.17) is 4.98 Å².